The maximum atomic E-state index is 6.29. The first-order valence-electron chi connectivity index (χ1n) is 6.98. The number of halogens is 1. The number of benzene rings is 2. The van der Waals surface area contributed by atoms with Gasteiger partial charge >= 0.3 is 0 Å². The Kier molecular flexibility index (Phi) is 5.48. The first kappa shape index (κ1) is 15.7. The Morgan fingerprint density at radius 1 is 1.10 bits per heavy atom. The van der Waals surface area contributed by atoms with Crippen molar-refractivity contribution in [2.45, 2.75) is 25.8 Å². The molecule has 0 aliphatic heterocycles. The first-order chi connectivity index (χ1) is 10.1. The molecule has 0 heterocycles. The minimum atomic E-state index is 0.132. The van der Waals surface area contributed by atoms with E-state index in [2.05, 4.69) is 6.92 Å². The van der Waals surface area contributed by atoms with Gasteiger partial charge in [0.1, 0.15) is 17.2 Å². The van der Waals surface area contributed by atoms with Gasteiger partial charge in [-0.1, -0.05) is 30.7 Å². The van der Waals surface area contributed by atoms with Gasteiger partial charge < -0.3 is 15.2 Å². The molecule has 2 rings (SSSR count). The lowest BCUT2D eigenvalue weighted by atomic mass is 10.0. The van der Waals surface area contributed by atoms with E-state index in [0.29, 0.717) is 16.5 Å². The van der Waals surface area contributed by atoms with Crippen LogP contribution in [-0.4, -0.2) is 13.2 Å². The third kappa shape index (κ3) is 4.38. The molecule has 0 aliphatic rings. The Morgan fingerprint density at radius 3 is 2.48 bits per heavy atom. The van der Waals surface area contributed by atoms with Crippen molar-refractivity contribution in [2.24, 2.45) is 5.73 Å². The molecule has 0 saturated heterocycles. The summed E-state index contributed by atoms with van der Waals surface area (Å²) in [6.07, 6.45) is 1.70. The van der Waals surface area contributed by atoms with Crippen LogP contribution >= 0.6 is 11.6 Å². The fraction of sp³-hybridized carbons (Fsp3) is 0.294. The molecule has 112 valence electrons. The molecule has 0 fully saturated rings. The maximum absolute atomic E-state index is 6.29. The van der Waals surface area contributed by atoms with Crippen molar-refractivity contribution >= 4 is 11.6 Å². The zero-order chi connectivity index (χ0) is 15.2. The minimum Gasteiger partial charge on any atom is -0.497 e. The average Bonchev–Trinajstić information content (AvgIpc) is 2.50. The Morgan fingerprint density at radius 2 is 1.81 bits per heavy atom. The number of hydrogen-bond donors (Lipinski definition) is 1. The Bertz CT molecular complexity index is 601. The van der Waals surface area contributed by atoms with Gasteiger partial charge in [0.15, 0.2) is 0 Å². The second-order valence-electron chi connectivity index (χ2n) is 4.91. The van der Waals surface area contributed by atoms with Crippen LogP contribution in [-0.2, 0) is 6.42 Å². The fourth-order valence-corrected chi connectivity index (χ4v) is 2.23. The monoisotopic (exact) mass is 305 g/mol. The number of methoxy groups -OCH3 is 1. The number of ether oxygens (including phenoxy) is 2. The molecule has 0 aliphatic carbocycles. The van der Waals surface area contributed by atoms with E-state index in [0.717, 1.165) is 24.2 Å². The molecule has 0 amide bonds. The normalized spacial score (nSPS) is 12.0. The van der Waals surface area contributed by atoms with Crippen LogP contribution in [0.15, 0.2) is 42.5 Å². The molecular formula is C17H20ClNO2. The average molecular weight is 306 g/mol. The van der Waals surface area contributed by atoms with Crippen LogP contribution in [0.4, 0.5) is 0 Å². The lowest BCUT2D eigenvalue weighted by Gasteiger charge is -2.12. The summed E-state index contributed by atoms with van der Waals surface area (Å²) in [6.45, 7) is 2.07. The van der Waals surface area contributed by atoms with Crippen molar-refractivity contribution in [1.82, 2.24) is 0 Å². The van der Waals surface area contributed by atoms with Crippen LogP contribution in [0.2, 0.25) is 5.02 Å². The second kappa shape index (κ2) is 7.34. The van der Waals surface area contributed by atoms with Crippen LogP contribution in [0, 0.1) is 0 Å². The van der Waals surface area contributed by atoms with E-state index in [9.17, 15) is 0 Å². The predicted molar refractivity (Wildman–Crippen MR) is 86.5 cm³/mol. The molecule has 1 atom stereocenters. The Balaban J connectivity index is 2.12. The van der Waals surface area contributed by atoms with Gasteiger partial charge in [-0.3, -0.25) is 0 Å². The summed E-state index contributed by atoms with van der Waals surface area (Å²) >= 11 is 6.29. The van der Waals surface area contributed by atoms with E-state index in [4.69, 9.17) is 26.8 Å². The molecule has 2 N–H and O–H groups in total. The molecule has 2 aromatic rings. The summed E-state index contributed by atoms with van der Waals surface area (Å²) in [6, 6.07) is 13.3. The van der Waals surface area contributed by atoms with Gasteiger partial charge in [0.25, 0.3) is 0 Å². The molecule has 0 bridgehead atoms. The van der Waals surface area contributed by atoms with Crippen LogP contribution in [0.25, 0.3) is 0 Å². The largest absolute Gasteiger partial charge is 0.497 e. The van der Waals surface area contributed by atoms with Crippen LogP contribution in [0.1, 0.15) is 18.9 Å². The minimum absolute atomic E-state index is 0.132. The van der Waals surface area contributed by atoms with Crippen molar-refractivity contribution in [3.63, 3.8) is 0 Å². The molecular weight excluding hydrogens is 286 g/mol. The highest BCUT2D eigenvalue weighted by Gasteiger charge is 2.08. The second-order valence-corrected chi connectivity index (χ2v) is 5.31. The number of nitrogens with two attached hydrogens (primary N) is 1. The lowest BCUT2D eigenvalue weighted by molar-refractivity contribution is 0.409. The zero-order valence-electron chi connectivity index (χ0n) is 12.3. The highest BCUT2D eigenvalue weighted by Crippen LogP contribution is 2.29. The quantitative estimate of drug-likeness (QED) is 0.859. The van der Waals surface area contributed by atoms with Crippen molar-refractivity contribution < 1.29 is 9.47 Å². The van der Waals surface area contributed by atoms with E-state index in [1.807, 2.05) is 42.5 Å². The smallest absolute Gasteiger partial charge is 0.131 e. The summed E-state index contributed by atoms with van der Waals surface area (Å²) in [4.78, 5) is 0. The predicted octanol–water partition coefficient (Wildman–Crippen LogP) is 4.42. The van der Waals surface area contributed by atoms with Gasteiger partial charge in [0, 0.05) is 17.1 Å². The Labute approximate surface area is 130 Å². The first-order valence-corrected chi connectivity index (χ1v) is 7.36. The summed E-state index contributed by atoms with van der Waals surface area (Å²) in [5.41, 5.74) is 7.01. The van der Waals surface area contributed by atoms with E-state index in [-0.39, 0.29) is 6.04 Å². The summed E-state index contributed by atoms with van der Waals surface area (Å²) < 4.78 is 11.0. The molecule has 4 heteroatoms. The lowest BCUT2D eigenvalue weighted by Crippen LogP contribution is -2.21. The van der Waals surface area contributed by atoms with Crippen molar-refractivity contribution in [1.29, 1.82) is 0 Å². The summed E-state index contributed by atoms with van der Waals surface area (Å²) in [7, 11) is 1.63. The van der Waals surface area contributed by atoms with Gasteiger partial charge in [-0.2, -0.15) is 0 Å². The molecule has 3 nitrogen and oxygen atoms in total. The van der Waals surface area contributed by atoms with E-state index in [1.165, 1.54) is 0 Å². The number of rotatable bonds is 6. The summed E-state index contributed by atoms with van der Waals surface area (Å²) in [5.74, 6) is 2.16. The van der Waals surface area contributed by atoms with Gasteiger partial charge in [0.2, 0.25) is 0 Å². The van der Waals surface area contributed by atoms with E-state index < -0.39 is 0 Å². The van der Waals surface area contributed by atoms with Gasteiger partial charge in [-0.15, -0.1) is 0 Å². The third-order valence-electron chi connectivity index (χ3n) is 3.31. The van der Waals surface area contributed by atoms with E-state index >= 15 is 0 Å². The van der Waals surface area contributed by atoms with Crippen LogP contribution in [0.3, 0.4) is 0 Å². The van der Waals surface area contributed by atoms with Crippen molar-refractivity contribution in [3.8, 4) is 17.2 Å². The topological polar surface area (TPSA) is 44.5 Å². The van der Waals surface area contributed by atoms with Gasteiger partial charge in [0.05, 0.1) is 7.11 Å². The molecule has 0 aromatic heterocycles. The summed E-state index contributed by atoms with van der Waals surface area (Å²) in [5, 5.41) is 0.680. The molecule has 2 aromatic carbocycles. The standard InChI is InChI=1S/C17H20ClNO2/c1-3-13(19)9-12-7-8-16(11-17(12)18)21-15-6-4-5-14(10-15)20-2/h4-8,10-11,13H,3,9,19H2,1-2H3. The van der Waals surface area contributed by atoms with Crippen LogP contribution < -0.4 is 15.2 Å². The SMILES string of the molecule is CCC(N)Cc1ccc(Oc2cccc(OC)c2)cc1Cl. The van der Waals surface area contributed by atoms with Crippen molar-refractivity contribution in [2.75, 3.05) is 7.11 Å². The zero-order valence-corrected chi connectivity index (χ0v) is 13.1. The highest BCUT2D eigenvalue weighted by molar-refractivity contribution is 6.31. The highest BCUT2D eigenvalue weighted by atomic mass is 35.5. The van der Waals surface area contributed by atoms with Crippen molar-refractivity contribution in [3.05, 3.63) is 53.1 Å². The molecule has 0 spiro atoms. The van der Waals surface area contributed by atoms with Crippen LogP contribution in [0.5, 0.6) is 17.2 Å². The third-order valence-corrected chi connectivity index (χ3v) is 3.66. The molecule has 0 saturated carbocycles. The van der Waals surface area contributed by atoms with E-state index in [1.54, 1.807) is 7.11 Å². The maximum Gasteiger partial charge on any atom is 0.131 e. The van der Waals surface area contributed by atoms with Gasteiger partial charge in [-0.25, -0.2) is 0 Å². The Hall–Kier alpha value is -1.71. The number of hydrogen-bond acceptors (Lipinski definition) is 3. The molecule has 21 heavy (non-hydrogen) atoms. The molecule has 0 radical (unpaired) electrons. The fourth-order valence-electron chi connectivity index (χ4n) is 1.98. The van der Waals surface area contributed by atoms with Gasteiger partial charge in [-0.05, 0) is 42.7 Å². The molecule has 1 unspecified atom stereocenters.